The van der Waals surface area contributed by atoms with E-state index < -0.39 is 0 Å². The molecule has 21 heavy (non-hydrogen) atoms. The van der Waals surface area contributed by atoms with Gasteiger partial charge in [-0.2, -0.15) is 0 Å². The Bertz CT molecular complexity index is 441. The minimum atomic E-state index is 0.606. The Hall–Kier alpha value is -0.900. The van der Waals surface area contributed by atoms with Crippen LogP contribution < -0.4 is 5.32 Å². The molecule has 3 rings (SSSR count). The fourth-order valence-electron chi connectivity index (χ4n) is 4.03. The zero-order valence-corrected chi connectivity index (χ0v) is 13.6. The maximum atomic E-state index is 3.52. The van der Waals surface area contributed by atoms with Gasteiger partial charge in [0.1, 0.15) is 0 Å². The summed E-state index contributed by atoms with van der Waals surface area (Å²) in [6.07, 6.45) is 1.31. The summed E-state index contributed by atoms with van der Waals surface area (Å²) < 4.78 is 0. The van der Waals surface area contributed by atoms with Crippen molar-refractivity contribution in [1.29, 1.82) is 0 Å². The van der Waals surface area contributed by atoms with E-state index in [0.717, 1.165) is 12.6 Å². The second kappa shape index (κ2) is 6.47. The average Bonchev–Trinajstić information content (AvgIpc) is 3.02. The van der Waals surface area contributed by atoms with E-state index >= 15 is 0 Å². The summed E-state index contributed by atoms with van der Waals surface area (Å²) in [6, 6.07) is 13.5. The normalized spacial score (nSPS) is 35.2. The van der Waals surface area contributed by atoms with Crippen LogP contribution in [-0.4, -0.2) is 53.6 Å². The van der Waals surface area contributed by atoms with Gasteiger partial charge in [-0.25, -0.2) is 0 Å². The molecule has 0 saturated carbocycles. The molecule has 2 fully saturated rings. The molecular weight excluding hydrogens is 258 g/mol. The molecule has 2 saturated heterocycles. The Balaban J connectivity index is 1.70. The van der Waals surface area contributed by atoms with Crippen molar-refractivity contribution in [2.45, 2.75) is 57.9 Å². The van der Waals surface area contributed by atoms with Gasteiger partial charge in [0.15, 0.2) is 0 Å². The second-order valence-corrected chi connectivity index (χ2v) is 6.83. The van der Waals surface area contributed by atoms with Crippen LogP contribution in [0.1, 0.15) is 32.8 Å². The monoisotopic (exact) mass is 287 g/mol. The summed E-state index contributed by atoms with van der Waals surface area (Å²) >= 11 is 0. The Morgan fingerprint density at radius 3 is 2.52 bits per heavy atom. The van der Waals surface area contributed by atoms with Crippen LogP contribution in [0.5, 0.6) is 0 Å². The third-order valence-electron chi connectivity index (χ3n) is 5.50. The molecule has 2 aliphatic heterocycles. The van der Waals surface area contributed by atoms with Gasteiger partial charge in [0, 0.05) is 43.8 Å². The molecule has 4 unspecified atom stereocenters. The standard InChI is InChI=1S/C18H29N3/c1-14-12-21(18-9-10-19-11-18)16(3)15(2)20(14)13-17-7-5-4-6-8-17/h4-8,14-16,18-19H,9-13H2,1-3H3. The van der Waals surface area contributed by atoms with Crippen LogP contribution in [0.15, 0.2) is 30.3 Å². The predicted molar refractivity (Wildman–Crippen MR) is 88.4 cm³/mol. The molecule has 2 aliphatic rings. The maximum Gasteiger partial charge on any atom is 0.0240 e. The first kappa shape index (κ1) is 15.0. The molecule has 0 radical (unpaired) electrons. The Kier molecular flexibility index (Phi) is 4.63. The molecule has 0 aliphatic carbocycles. The Labute approximate surface area is 129 Å². The highest BCUT2D eigenvalue weighted by Gasteiger charge is 2.38. The van der Waals surface area contributed by atoms with Crippen molar-refractivity contribution in [3.05, 3.63) is 35.9 Å². The smallest absolute Gasteiger partial charge is 0.0240 e. The lowest BCUT2D eigenvalue weighted by Crippen LogP contribution is -2.63. The highest BCUT2D eigenvalue weighted by atomic mass is 15.3. The van der Waals surface area contributed by atoms with Gasteiger partial charge in [-0.3, -0.25) is 9.80 Å². The van der Waals surface area contributed by atoms with Crippen molar-refractivity contribution in [3.8, 4) is 0 Å². The van der Waals surface area contributed by atoms with Crippen LogP contribution in [0.4, 0.5) is 0 Å². The van der Waals surface area contributed by atoms with E-state index in [9.17, 15) is 0 Å². The van der Waals surface area contributed by atoms with E-state index in [1.54, 1.807) is 0 Å². The summed E-state index contributed by atoms with van der Waals surface area (Å²) in [5.74, 6) is 0. The van der Waals surface area contributed by atoms with E-state index in [4.69, 9.17) is 0 Å². The first-order chi connectivity index (χ1) is 10.2. The first-order valence-electron chi connectivity index (χ1n) is 8.43. The fourth-order valence-corrected chi connectivity index (χ4v) is 4.03. The molecule has 3 nitrogen and oxygen atoms in total. The third-order valence-corrected chi connectivity index (χ3v) is 5.50. The molecule has 0 bridgehead atoms. The van der Waals surface area contributed by atoms with Crippen LogP contribution in [-0.2, 0) is 6.54 Å². The van der Waals surface area contributed by atoms with E-state index in [1.807, 2.05) is 0 Å². The summed E-state index contributed by atoms with van der Waals surface area (Å²) in [6.45, 7) is 11.8. The first-order valence-corrected chi connectivity index (χ1v) is 8.43. The number of benzene rings is 1. The lowest BCUT2D eigenvalue weighted by Gasteiger charge is -2.51. The van der Waals surface area contributed by atoms with Gasteiger partial charge >= 0.3 is 0 Å². The Morgan fingerprint density at radius 1 is 1.10 bits per heavy atom. The lowest BCUT2D eigenvalue weighted by molar-refractivity contribution is -0.0251. The zero-order valence-electron chi connectivity index (χ0n) is 13.6. The molecule has 1 aromatic carbocycles. The summed E-state index contributed by atoms with van der Waals surface area (Å²) in [5.41, 5.74) is 1.43. The quantitative estimate of drug-likeness (QED) is 0.920. The minimum Gasteiger partial charge on any atom is -0.315 e. The van der Waals surface area contributed by atoms with Gasteiger partial charge in [0.25, 0.3) is 0 Å². The van der Waals surface area contributed by atoms with Gasteiger partial charge in [-0.1, -0.05) is 30.3 Å². The third kappa shape index (κ3) is 3.15. The SMILES string of the molecule is CC1CN(C2CCNC2)C(C)C(C)N1Cc1ccccc1. The molecular formula is C18H29N3. The number of piperazine rings is 1. The van der Waals surface area contributed by atoms with E-state index in [0.29, 0.717) is 18.1 Å². The van der Waals surface area contributed by atoms with Crippen LogP contribution >= 0.6 is 0 Å². The van der Waals surface area contributed by atoms with Crippen molar-refractivity contribution >= 4 is 0 Å². The minimum absolute atomic E-state index is 0.606. The van der Waals surface area contributed by atoms with Crippen LogP contribution in [0.25, 0.3) is 0 Å². The maximum absolute atomic E-state index is 3.52. The van der Waals surface area contributed by atoms with E-state index in [2.05, 4.69) is 66.2 Å². The van der Waals surface area contributed by atoms with Crippen molar-refractivity contribution in [2.75, 3.05) is 19.6 Å². The Morgan fingerprint density at radius 2 is 1.86 bits per heavy atom. The molecule has 0 aromatic heterocycles. The molecule has 1 aromatic rings. The highest BCUT2D eigenvalue weighted by Crippen LogP contribution is 2.27. The predicted octanol–water partition coefficient (Wildman–Crippen LogP) is 2.33. The summed E-state index contributed by atoms with van der Waals surface area (Å²) in [5, 5.41) is 3.52. The average molecular weight is 287 g/mol. The molecule has 4 atom stereocenters. The molecule has 0 amide bonds. The molecule has 0 spiro atoms. The second-order valence-electron chi connectivity index (χ2n) is 6.83. The van der Waals surface area contributed by atoms with Crippen molar-refractivity contribution < 1.29 is 0 Å². The van der Waals surface area contributed by atoms with Crippen LogP contribution in [0.2, 0.25) is 0 Å². The number of nitrogens with one attached hydrogen (secondary N) is 1. The number of nitrogens with zero attached hydrogens (tertiary/aromatic N) is 2. The van der Waals surface area contributed by atoms with E-state index in [1.165, 1.54) is 31.6 Å². The number of hydrogen-bond donors (Lipinski definition) is 1. The molecule has 3 heteroatoms. The van der Waals surface area contributed by atoms with Crippen LogP contribution in [0.3, 0.4) is 0 Å². The van der Waals surface area contributed by atoms with Crippen molar-refractivity contribution in [2.24, 2.45) is 0 Å². The molecule has 116 valence electrons. The highest BCUT2D eigenvalue weighted by molar-refractivity contribution is 5.15. The zero-order chi connectivity index (χ0) is 14.8. The topological polar surface area (TPSA) is 18.5 Å². The molecule has 1 N–H and O–H groups in total. The van der Waals surface area contributed by atoms with E-state index in [-0.39, 0.29) is 0 Å². The van der Waals surface area contributed by atoms with Gasteiger partial charge < -0.3 is 5.32 Å². The van der Waals surface area contributed by atoms with Gasteiger partial charge in [-0.05, 0) is 39.3 Å². The van der Waals surface area contributed by atoms with Gasteiger partial charge in [-0.15, -0.1) is 0 Å². The van der Waals surface area contributed by atoms with Crippen molar-refractivity contribution in [3.63, 3.8) is 0 Å². The summed E-state index contributed by atoms with van der Waals surface area (Å²) in [4.78, 5) is 5.43. The lowest BCUT2D eigenvalue weighted by atomic mass is 9.97. The fraction of sp³-hybridized carbons (Fsp3) is 0.667. The summed E-state index contributed by atoms with van der Waals surface area (Å²) in [7, 11) is 0. The number of rotatable bonds is 3. The van der Waals surface area contributed by atoms with Crippen molar-refractivity contribution in [1.82, 2.24) is 15.1 Å². The molecule has 2 heterocycles. The van der Waals surface area contributed by atoms with Gasteiger partial charge in [0.2, 0.25) is 0 Å². The van der Waals surface area contributed by atoms with Crippen LogP contribution in [0, 0.1) is 0 Å². The van der Waals surface area contributed by atoms with Gasteiger partial charge in [0.05, 0.1) is 0 Å². The largest absolute Gasteiger partial charge is 0.315 e. The number of hydrogen-bond acceptors (Lipinski definition) is 3.